The van der Waals surface area contributed by atoms with E-state index in [1.54, 1.807) is 6.92 Å². The lowest BCUT2D eigenvalue weighted by Crippen LogP contribution is -2.23. The van der Waals surface area contributed by atoms with Crippen molar-refractivity contribution < 1.29 is 8.78 Å². The minimum atomic E-state index is -0.294. The molecule has 0 bridgehead atoms. The zero-order chi connectivity index (χ0) is 14.6. The molecule has 1 aliphatic carbocycles. The average Bonchev–Trinajstić information content (AvgIpc) is 2.88. The number of hydrogen-bond donors (Lipinski definition) is 1. The van der Waals surface area contributed by atoms with Crippen molar-refractivity contribution in [2.75, 3.05) is 13.6 Å². The monoisotopic (exact) mass is 281 g/mol. The third kappa shape index (κ3) is 3.57. The maximum Gasteiger partial charge on any atom is 0.126 e. The van der Waals surface area contributed by atoms with E-state index < -0.39 is 0 Å². The predicted molar refractivity (Wildman–Crippen MR) is 78.9 cm³/mol. The maximum atomic E-state index is 13.9. The van der Waals surface area contributed by atoms with Crippen LogP contribution in [-0.2, 0) is 6.42 Å². The van der Waals surface area contributed by atoms with Gasteiger partial charge in [-0.1, -0.05) is 12.8 Å². The van der Waals surface area contributed by atoms with E-state index in [0.717, 1.165) is 19.4 Å². The number of halogens is 2. The topological polar surface area (TPSA) is 12.0 Å². The minimum absolute atomic E-state index is 0.259. The van der Waals surface area contributed by atoms with Crippen molar-refractivity contribution >= 4 is 0 Å². The summed E-state index contributed by atoms with van der Waals surface area (Å²) < 4.78 is 27.5. The Morgan fingerprint density at radius 3 is 2.45 bits per heavy atom. The Kier molecular flexibility index (Phi) is 5.14. The van der Waals surface area contributed by atoms with Crippen LogP contribution in [0.5, 0.6) is 0 Å². The Morgan fingerprint density at radius 2 is 1.80 bits per heavy atom. The van der Waals surface area contributed by atoms with Crippen molar-refractivity contribution in [2.24, 2.45) is 5.41 Å². The molecule has 1 fully saturated rings. The smallest absolute Gasteiger partial charge is 0.126 e. The first kappa shape index (κ1) is 15.4. The summed E-state index contributed by atoms with van der Waals surface area (Å²) in [6.07, 6.45) is 7.75. The van der Waals surface area contributed by atoms with Crippen molar-refractivity contribution in [3.8, 4) is 0 Å². The van der Waals surface area contributed by atoms with Gasteiger partial charge in [0.15, 0.2) is 0 Å². The highest BCUT2D eigenvalue weighted by Gasteiger charge is 2.32. The summed E-state index contributed by atoms with van der Waals surface area (Å²) in [4.78, 5) is 0. The largest absolute Gasteiger partial charge is 0.320 e. The maximum absolute atomic E-state index is 13.9. The van der Waals surface area contributed by atoms with E-state index in [1.165, 1.54) is 37.8 Å². The predicted octanol–water partition coefficient (Wildman–Crippen LogP) is 4.38. The van der Waals surface area contributed by atoms with Gasteiger partial charge in [-0.3, -0.25) is 0 Å². The van der Waals surface area contributed by atoms with E-state index in [0.29, 0.717) is 23.0 Å². The molecule has 20 heavy (non-hydrogen) atoms. The summed E-state index contributed by atoms with van der Waals surface area (Å²) in [5, 5.41) is 3.21. The summed E-state index contributed by atoms with van der Waals surface area (Å²) in [6, 6.07) is 2.70. The van der Waals surface area contributed by atoms with Crippen LogP contribution in [0.15, 0.2) is 12.1 Å². The highest BCUT2D eigenvalue weighted by atomic mass is 19.1. The molecule has 112 valence electrons. The third-order valence-electron chi connectivity index (χ3n) is 4.82. The second kappa shape index (κ2) is 6.66. The number of benzene rings is 1. The zero-order valence-corrected chi connectivity index (χ0v) is 12.6. The first-order valence-corrected chi connectivity index (χ1v) is 7.65. The molecule has 0 radical (unpaired) electrons. The van der Waals surface area contributed by atoms with Crippen molar-refractivity contribution in [1.29, 1.82) is 0 Å². The van der Waals surface area contributed by atoms with Crippen LogP contribution >= 0.6 is 0 Å². The first-order valence-electron chi connectivity index (χ1n) is 7.65. The molecule has 1 saturated carbocycles. The fourth-order valence-electron chi connectivity index (χ4n) is 3.42. The molecule has 0 spiro atoms. The van der Waals surface area contributed by atoms with Gasteiger partial charge in [-0.05, 0) is 81.3 Å². The molecule has 0 heterocycles. The number of rotatable bonds is 6. The van der Waals surface area contributed by atoms with E-state index in [1.807, 2.05) is 7.05 Å². The third-order valence-corrected chi connectivity index (χ3v) is 4.82. The fourth-order valence-corrected chi connectivity index (χ4v) is 3.42. The minimum Gasteiger partial charge on any atom is -0.320 e. The molecule has 2 rings (SSSR count). The lowest BCUT2D eigenvalue weighted by Gasteiger charge is -2.29. The highest BCUT2D eigenvalue weighted by Crippen LogP contribution is 2.44. The van der Waals surface area contributed by atoms with Crippen LogP contribution in [0.1, 0.15) is 49.7 Å². The molecular formula is C17H25F2N. The number of nitrogens with one attached hydrogen (secondary N) is 1. The van der Waals surface area contributed by atoms with Gasteiger partial charge in [0.05, 0.1) is 0 Å². The summed E-state index contributed by atoms with van der Waals surface area (Å²) in [6.45, 7) is 2.61. The van der Waals surface area contributed by atoms with E-state index in [-0.39, 0.29) is 11.6 Å². The first-order chi connectivity index (χ1) is 9.56. The summed E-state index contributed by atoms with van der Waals surface area (Å²) in [5.41, 5.74) is 1.25. The van der Waals surface area contributed by atoms with Crippen LogP contribution in [0, 0.1) is 24.0 Å². The average molecular weight is 281 g/mol. The molecule has 3 heteroatoms. The van der Waals surface area contributed by atoms with Gasteiger partial charge in [0.25, 0.3) is 0 Å². The van der Waals surface area contributed by atoms with Gasteiger partial charge in [-0.25, -0.2) is 8.78 Å². The van der Waals surface area contributed by atoms with E-state index in [4.69, 9.17) is 0 Å². The second-order valence-corrected chi connectivity index (χ2v) is 6.25. The van der Waals surface area contributed by atoms with Crippen LogP contribution in [0.2, 0.25) is 0 Å². The molecule has 1 aromatic rings. The van der Waals surface area contributed by atoms with Gasteiger partial charge in [0.1, 0.15) is 11.6 Å². The quantitative estimate of drug-likeness (QED) is 0.816. The van der Waals surface area contributed by atoms with Crippen LogP contribution in [0.4, 0.5) is 8.78 Å². The van der Waals surface area contributed by atoms with Crippen molar-refractivity contribution in [3.05, 3.63) is 34.9 Å². The number of hydrogen-bond acceptors (Lipinski definition) is 1. The number of aryl methyl sites for hydroxylation is 2. The van der Waals surface area contributed by atoms with Crippen molar-refractivity contribution in [2.45, 2.75) is 51.9 Å². The van der Waals surface area contributed by atoms with Gasteiger partial charge in [-0.15, -0.1) is 0 Å². The van der Waals surface area contributed by atoms with E-state index >= 15 is 0 Å². The van der Waals surface area contributed by atoms with Gasteiger partial charge >= 0.3 is 0 Å². The van der Waals surface area contributed by atoms with Gasteiger partial charge in [0, 0.05) is 0 Å². The Hall–Kier alpha value is -0.960. The lowest BCUT2D eigenvalue weighted by atomic mass is 9.77. The Bertz CT molecular complexity index is 451. The molecule has 1 N–H and O–H groups in total. The Labute approximate surface area is 120 Å². The molecule has 0 saturated heterocycles. The fraction of sp³-hybridized carbons (Fsp3) is 0.647. The Balaban J connectivity index is 2.04. The van der Waals surface area contributed by atoms with E-state index in [9.17, 15) is 8.78 Å². The lowest BCUT2D eigenvalue weighted by molar-refractivity contribution is 0.246. The molecule has 0 aliphatic heterocycles. The molecule has 0 aromatic heterocycles. The van der Waals surface area contributed by atoms with Gasteiger partial charge < -0.3 is 5.32 Å². The molecule has 0 atom stereocenters. The van der Waals surface area contributed by atoms with Gasteiger partial charge in [-0.2, -0.15) is 0 Å². The molecular weight excluding hydrogens is 256 g/mol. The normalized spacial score (nSPS) is 17.6. The second-order valence-electron chi connectivity index (χ2n) is 6.25. The molecule has 1 nitrogen and oxygen atoms in total. The van der Waals surface area contributed by atoms with Crippen LogP contribution in [-0.4, -0.2) is 13.6 Å². The molecule has 1 aromatic carbocycles. The molecule has 0 unspecified atom stereocenters. The molecule has 1 aliphatic rings. The van der Waals surface area contributed by atoms with Gasteiger partial charge in [0.2, 0.25) is 0 Å². The molecule has 0 amide bonds. The summed E-state index contributed by atoms with van der Waals surface area (Å²) in [5.74, 6) is -0.553. The van der Waals surface area contributed by atoms with Crippen molar-refractivity contribution in [3.63, 3.8) is 0 Å². The van der Waals surface area contributed by atoms with Crippen LogP contribution < -0.4 is 5.32 Å². The van der Waals surface area contributed by atoms with E-state index in [2.05, 4.69) is 5.32 Å². The summed E-state index contributed by atoms with van der Waals surface area (Å²) >= 11 is 0. The SMILES string of the molecule is CNCCC1(CCc2cc(F)c(C)cc2F)CCCC1. The van der Waals surface area contributed by atoms with Crippen LogP contribution in [0.25, 0.3) is 0 Å². The zero-order valence-electron chi connectivity index (χ0n) is 12.6. The summed E-state index contributed by atoms with van der Waals surface area (Å²) in [7, 11) is 1.97. The highest BCUT2D eigenvalue weighted by molar-refractivity contribution is 5.25. The standard InChI is InChI=1S/C17H25F2N/c1-13-11-16(19)14(12-15(13)18)5-8-17(9-10-20-2)6-3-4-7-17/h11-12,20H,3-10H2,1-2H3. The van der Waals surface area contributed by atoms with Crippen molar-refractivity contribution in [1.82, 2.24) is 5.32 Å². The van der Waals surface area contributed by atoms with Crippen LogP contribution in [0.3, 0.4) is 0 Å². The Morgan fingerprint density at radius 1 is 1.10 bits per heavy atom.